The van der Waals surface area contributed by atoms with E-state index in [-0.39, 0.29) is 5.78 Å². The van der Waals surface area contributed by atoms with Gasteiger partial charge in [0.2, 0.25) is 0 Å². The number of likely N-dealkylation sites (tertiary alicyclic amines) is 1. The second-order valence-electron chi connectivity index (χ2n) is 7.30. The van der Waals surface area contributed by atoms with Crippen molar-refractivity contribution in [2.24, 2.45) is 5.92 Å². The van der Waals surface area contributed by atoms with Crippen molar-refractivity contribution in [3.63, 3.8) is 0 Å². The first-order valence-corrected chi connectivity index (χ1v) is 9.92. The zero-order chi connectivity index (χ0) is 17.8. The van der Waals surface area contributed by atoms with Gasteiger partial charge in [-0.05, 0) is 81.9 Å². The third-order valence-electron chi connectivity index (χ3n) is 4.91. The van der Waals surface area contributed by atoms with Crippen molar-refractivity contribution < 1.29 is 9.21 Å². The van der Waals surface area contributed by atoms with Crippen LogP contribution in [0, 0.1) is 12.8 Å². The van der Waals surface area contributed by atoms with Crippen molar-refractivity contribution in [3.05, 3.63) is 45.5 Å². The summed E-state index contributed by atoms with van der Waals surface area (Å²) in [7, 11) is 2.18. The number of ketones is 1. The average molecular weight is 361 g/mol. The summed E-state index contributed by atoms with van der Waals surface area (Å²) in [6, 6.07) is 6.17. The molecule has 136 valence electrons. The Labute approximate surface area is 154 Å². The van der Waals surface area contributed by atoms with Gasteiger partial charge in [-0.2, -0.15) is 0 Å². The molecule has 4 nitrogen and oxygen atoms in total. The Balaban J connectivity index is 1.41. The molecule has 2 aromatic rings. The van der Waals surface area contributed by atoms with E-state index in [0.717, 1.165) is 55.0 Å². The van der Waals surface area contributed by atoms with E-state index in [2.05, 4.69) is 28.3 Å². The molecule has 25 heavy (non-hydrogen) atoms. The Morgan fingerprint density at radius 1 is 1.36 bits per heavy atom. The normalized spacial score (nSPS) is 16.6. The second-order valence-corrected chi connectivity index (χ2v) is 8.22. The van der Waals surface area contributed by atoms with E-state index < -0.39 is 0 Å². The van der Waals surface area contributed by atoms with Gasteiger partial charge < -0.3 is 9.32 Å². The Bertz CT molecular complexity index is 698. The van der Waals surface area contributed by atoms with Crippen LogP contribution in [0.5, 0.6) is 0 Å². The molecule has 0 aliphatic carbocycles. The summed E-state index contributed by atoms with van der Waals surface area (Å²) in [4.78, 5) is 17.2. The summed E-state index contributed by atoms with van der Waals surface area (Å²) in [5.41, 5.74) is 1.25. The van der Waals surface area contributed by atoms with Crippen molar-refractivity contribution in [1.29, 1.82) is 0 Å². The van der Waals surface area contributed by atoms with Gasteiger partial charge in [0.1, 0.15) is 11.5 Å². The smallest absolute Gasteiger partial charge is 0.169 e. The maximum absolute atomic E-state index is 11.4. The van der Waals surface area contributed by atoms with Crippen LogP contribution >= 0.6 is 11.3 Å². The predicted molar refractivity (Wildman–Crippen MR) is 102 cm³/mol. The highest BCUT2D eigenvalue weighted by Crippen LogP contribution is 2.22. The number of Topliss-reactive ketones (excluding diaryl/α,β-unsaturated/α-hetero) is 1. The Kier molecular flexibility index (Phi) is 6.10. The van der Waals surface area contributed by atoms with Crippen molar-refractivity contribution >= 4 is 17.1 Å². The van der Waals surface area contributed by atoms with Crippen LogP contribution < -0.4 is 0 Å². The molecular formula is C20H28N2O2S. The fourth-order valence-electron chi connectivity index (χ4n) is 3.58. The van der Waals surface area contributed by atoms with Gasteiger partial charge in [-0.15, -0.1) is 11.3 Å². The van der Waals surface area contributed by atoms with Crippen LogP contribution in [-0.4, -0.2) is 42.3 Å². The number of carbonyl (C=O) groups is 1. The molecule has 1 fully saturated rings. The van der Waals surface area contributed by atoms with Gasteiger partial charge >= 0.3 is 0 Å². The number of piperidine rings is 1. The molecule has 0 N–H and O–H groups in total. The second kappa shape index (κ2) is 8.30. The molecule has 0 aromatic carbocycles. The number of carbonyl (C=O) groups excluding carboxylic acids is 1. The average Bonchev–Trinajstić information content (AvgIpc) is 3.18. The number of aryl methyl sites for hydroxylation is 1. The number of hydrogen-bond donors (Lipinski definition) is 0. The highest BCUT2D eigenvalue weighted by Gasteiger charge is 2.21. The van der Waals surface area contributed by atoms with E-state index in [1.165, 1.54) is 18.4 Å². The minimum absolute atomic E-state index is 0.165. The first kappa shape index (κ1) is 18.4. The number of rotatable bonds is 7. The van der Waals surface area contributed by atoms with Gasteiger partial charge in [-0.25, -0.2) is 0 Å². The lowest BCUT2D eigenvalue weighted by Gasteiger charge is -2.33. The largest absolute Gasteiger partial charge is 0.465 e. The lowest BCUT2D eigenvalue weighted by Crippen LogP contribution is -2.37. The lowest BCUT2D eigenvalue weighted by molar-refractivity contribution is 0.102. The highest BCUT2D eigenvalue weighted by atomic mass is 32.1. The highest BCUT2D eigenvalue weighted by molar-refractivity contribution is 7.12. The van der Waals surface area contributed by atoms with Gasteiger partial charge in [0.15, 0.2) is 5.78 Å². The first-order valence-electron chi connectivity index (χ1n) is 9.04. The minimum Gasteiger partial charge on any atom is -0.465 e. The van der Waals surface area contributed by atoms with Gasteiger partial charge in [0.05, 0.1) is 11.4 Å². The monoisotopic (exact) mass is 360 g/mol. The van der Waals surface area contributed by atoms with Crippen LogP contribution in [-0.2, 0) is 13.1 Å². The van der Waals surface area contributed by atoms with Crippen molar-refractivity contribution in [2.45, 2.75) is 39.8 Å². The molecule has 3 heterocycles. The molecule has 0 amide bonds. The summed E-state index contributed by atoms with van der Waals surface area (Å²) in [6.07, 6.45) is 2.48. The molecule has 2 aromatic heterocycles. The Morgan fingerprint density at radius 2 is 2.12 bits per heavy atom. The van der Waals surface area contributed by atoms with E-state index >= 15 is 0 Å². The summed E-state index contributed by atoms with van der Waals surface area (Å²) in [5, 5.41) is 2.11. The van der Waals surface area contributed by atoms with Gasteiger partial charge in [-0.1, -0.05) is 0 Å². The van der Waals surface area contributed by atoms with Crippen molar-refractivity contribution in [2.75, 3.05) is 26.7 Å². The number of furan rings is 1. The maximum atomic E-state index is 11.4. The van der Waals surface area contributed by atoms with Crippen LogP contribution in [0.15, 0.2) is 28.0 Å². The zero-order valence-electron chi connectivity index (χ0n) is 15.5. The first-order chi connectivity index (χ1) is 12.0. The van der Waals surface area contributed by atoms with E-state index in [4.69, 9.17) is 4.42 Å². The van der Waals surface area contributed by atoms with Crippen molar-refractivity contribution in [1.82, 2.24) is 9.80 Å². The van der Waals surface area contributed by atoms with E-state index in [9.17, 15) is 4.79 Å². The third-order valence-corrected chi connectivity index (χ3v) is 5.99. The van der Waals surface area contributed by atoms with Crippen molar-refractivity contribution in [3.8, 4) is 0 Å². The molecule has 0 bridgehead atoms. The van der Waals surface area contributed by atoms with Crippen LogP contribution in [0.4, 0.5) is 0 Å². The lowest BCUT2D eigenvalue weighted by atomic mass is 9.96. The zero-order valence-corrected chi connectivity index (χ0v) is 16.3. The maximum Gasteiger partial charge on any atom is 0.169 e. The van der Waals surface area contributed by atoms with E-state index in [1.807, 2.05) is 19.1 Å². The van der Waals surface area contributed by atoms with E-state index in [0.29, 0.717) is 0 Å². The Hall–Kier alpha value is -1.43. The minimum atomic E-state index is 0.165. The van der Waals surface area contributed by atoms with Gasteiger partial charge in [-0.3, -0.25) is 9.69 Å². The van der Waals surface area contributed by atoms with Crippen LogP contribution in [0.25, 0.3) is 0 Å². The molecule has 5 heteroatoms. The topological polar surface area (TPSA) is 36.7 Å². The molecule has 0 radical (unpaired) electrons. The predicted octanol–water partition coefficient (Wildman–Crippen LogP) is 4.20. The van der Waals surface area contributed by atoms with Gasteiger partial charge in [0, 0.05) is 13.1 Å². The SMILES string of the molecule is CC(=O)c1cc(CN(C)CC2CCN(Cc3ccc(C)o3)CC2)cs1. The summed E-state index contributed by atoms with van der Waals surface area (Å²) in [6.45, 7) is 8.90. The van der Waals surface area contributed by atoms with E-state index in [1.54, 1.807) is 18.3 Å². The molecule has 3 rings (SSSR count). The number of nitrogens with zero attached hydrogens (tertiary/aromatic N) is 2. The molecule has 1 aliphatic heterocycles. The Morgan fingerprint density at radius 3 is 2.72 bits per heavy atom. The summed E-state index contributed by atoms with van der Waals surface area (Å²) in [5.74, 6) is 2.99. The standard InChI is InChI=1S/C20H28N2O2S/c1-15-4-5-19(24-15)13-22-8-6-17(7-9-22)11-21(3)12-18-10-20(16(2)23)25-14-18/h4-5,10,14,17H,6-9,11-13H2,1-3H3. The fraction of sp³-hybridized carbons (Fsp3) is 0.550. The fourth-order valence-corrected chi connectivity index (χ4v) is 4.38. The van der Waals surface area contributed by atoms with Crippen LogP contribution in [0.1, 0.15) is 46.5 Å². The van der Waals surface area contributed by atoms with Gasteiger partial charge in [0.25, 0.3) is 0 Å². The van der Waals surface area contributed by atoms with Crippen LogP contribution in [0.2, 0.25) is 0 Å². The number of hydrogen-bond acceptors (Lipinski definition) is 5. The molecule has 0 spiro atoms. The summed E-state index contributed by atoms with van der Waals surface area (Å²) < 4.78 is 5.69. The molecule has 1 aliphatic rings. The molecule has 0 atom stereocenters. The molecule has 0 unspecified atom stereocenters. The third kappa shape index (κ3) is 5.27. The quantitative estimate of drug-likeness (QED) is 0.694. The van der Waals surface area contributed by atoms with Crippen LogP contribution in [0.3, 0.4) is 0 Å². The summed E-state index contributed by atoms with van der Waals surface area (Å²) >= 11 is 1.56. The molecule has 0 saturated carbocycles. The molecule has 1 saturated heterocycles. The number of thiophene rings is 1. The molecular weight excluding hydrogens is 332 g/mol.